The molecule has 0 nitrogen and oxygen atoms in total. The molecule has 0 fully saturated rings. The average molecular weight is 164 g/mol. The molecule has 0 heterocycles. The van der Waals surface area contributed by atoms with E-state index in [4.69, 9.17) is 0 Å². The standard InChI is InChI=1S/C12H20/c1-4-11(3)12-8-6-5-7-10(2)9-12/h5-7,11-12H,4,8-9H2,1-3H3. The second-order valence-corrected chi connectivity index (χ2v) is 4.03. The van der Waals surface area contributed by atoms with Gasteiger partial charge in [-0.3, -0.25) is 0 Å². The number of hydrogen-bond acceptors (Lipinski definition) is 0. The molecule has 0 amide bonds. The first kappa shape index (κ1) is 9.57. The number of rotatable bonds is 2. The predicted octanol–water partition coefficient (Wildman–Crippen LogP) is 3.95. The summed E-state index contributed by atoms with van der Waals surface area (Å²) in [5.74, 6) is 1.75. The minimum atomic E-state index is 0.871. The minimum absolute atomic E-state index is 0.871. The van der Waals surface area contributed by atoms with Crippen LogP contribution in [-0.2, 0) is 0 Å². The van der Waals surface area contributed by atoms with Crippen LogP contribution in [0.1, 0.15) is 40.0 Å². The van der Waals surface area contributed by atoms with E-state index in [0.29, 0.717) is 0 Å². The van der Waals surface area contributed by atoms with E-state index in [2.05, 4.69) is 39.0 Å². The van der Waals surface area contributed by atoms with E-state index < -0.39 is 0 Å². The lowest BCUT2D eigenvalue weighted by Crippen LogP contribution is -2.09. The summed E-state index contributed by atoms with van der Waals surface area (Å²) >= 11 is 0. The molecule has 0 aromatic rings. The normalized spacial score (nSPS) is 26.2. The van der Waals surface area contributed by atoms with Crippen molar-refractivity contribution in [2.45, 2.75) is 40.0 Å². The van der Waals surface area contributed by atoms with Crippen LogP contribution in [0.5, 0.6) is 0 Å². The summed E-state index contributed by atoms with van der Waals surface area (Å²) in [6.07, 6.45) is 10.6. The van der Waals surface area contributed by atoms with Crippen LogP contribution in [-0.4, -0.2) is 0 Å². The molecule has 2 unspecified atom stereocenters. The summed E-state index contributed by atoms with van der Waals surface area (Å²) < 4.78 is 0. The van der Waals surface area contributed by atoms with Gasteiger partial charge in [-0.2, -0.15) is 0 Å². The molecule has 0 heteroatoms. The van der Waals surface area contributed by atoms with Gasteiger partial charge in [-0.05, 0) is 31.6 Å². The highest BCUT2D eigenvalue weighted by Gasteiger charge is 2.15. The third-order valence-electron chi connectivity index (χ3n) is 2.99. The molecule has 0 aliphatic heterocycles. The summed E-state index contributed by atoms with van der Waals surface area (Å²) in [6, 6.07) is 0. The van der Waals surface area contributed by atoms with Gasteiger partial charge in [0.25, 0.3) is 0 Å². The Morgan fingerprint density at radius 2 is 2.33 bits per heavy atom. The summed E-state index contributed by atoms with van der Waals surface area (Å²) in [6.45, 7) is 6.90. The van der Waals surface area contributed by atoms with Gasteiger partial charge in [0.1, 0.15) is 0 Å². The first-order valence-electron chi connectivity index (χ1n) is 5.06. The Labute approximate surface area is 76.4 Å². The lowest BCUT2D eigenvalue weighted by molar-refractivity contribution is 0.349. The van der Waals surface area contributed by atoms with Gasteiger partial charge in [0.15, 0.2) is 0 Å². The Balaban J connectivity index is 2.56. The Kier molecular flexibility index (Phi) is 3.58. The quantitative estimate of drug-likeness (QED) is 0.580. The first-order valence-corrected chi connectivity index (χ1v) is 5.06. The molecule has 1 aliphatic carbocycles. The third-order valence-corrected chi connectivity index (χ3v) is 2.99. The van der Waals surface area contributed by atoms with Gasteiger partial charge in [0, 0.05) is 0 Å². The lowest BCUT2D eigenvalue weighted by atomic mass is 9.85. The monoisotopic (exact) mass is 164 g/mol. The fourth-order valence-corrected chi connectivity index (χ4v) is 1.82. The highest BCUT2D eigenvalue weighted by molar-refractivity contribution is 5.14. The molecule has 0 saturated carbocycles. The van der Waals surface area contributed by atoms with E-state index in [0.717, 1.165) is 11.8 Å². The SMILES string of the molecule is CCC(C)C1CC=CC=C(C)C1. The van der Waals surface area contributed by atoms with E-state index in [1.54, 1.807) is 0 Å². The second kappa shape index (κ2) is 4.49. The van der Waals surface area contributed by atoms with Crippen LogP contribution in [0.15, 0.2) is 23.8 Å². The molecule has 0 aromatic heterocycles. The predicted molar refractivity (Wildman–Crippen MR) is 55.1 cm³/mol. The fraction of sp³-hybridized carbons (Fsp3) is 0.667. The zero-order chi connectivity index (χ0) is 8.97. The maximum absolute atomic E-state index is 2.37. The van der Waals surface area contributed by atoms with Crippen molar-refractivity contribution < 1.29 is 0 Å². The van der Waals surface area contributed by atoms with Crippen LogP contribution in [0.3, 0.4) is 0 Å². The third kappa shape index (κ3) is 2.51. The van der Waals surface area contributed by atoms with Crippen LogP contribution < -0.4 is 0 Å². The zero-order valence-corrected chi connectivity index (χ0v) is 8.51. The van der Waals surface area contributed by atoms with Crippen LogP contribution >= 0.6 is 0 Å². The van der Waals surface area contributed by atoms with Crippen molar-refractivity contribution in [3.63, 3.8) is 0 Å². The van der Waals surface area contributed by atoms with Gasteiger partial charge < -0.3 is 0 Å². The number of allylic oxidation sites excluding steroid dienone is 4. The average Bonchev–Trinajstić information content (AvgIpc) is 2.28. The van der Waals surface area contributed by atoms with E-state index in [1.165, 1.54) is 24.8 Å². The van der Waals surface area contributed by atoms with Crippen LogP contribution in [0.4, 0.5) is 0 Å². The van der Waals surface area contributed by atoms with Crippen molar-refractivity contribution >= 4 is 0 Å². The van der Waals surface area contributed by atoms with Crippen LogP contribution in [0.2, 0.25) is 0 Å². The first-order chi connectivity index (χ1) is 5.74. The van der Waals surface area contributed by atoms with Crippen molar-refractivity contribution in [3.8, 4) is 0 Å². The molecule has 0 spiro atoms. The largest absolute Gasteiger partial charge is 0.0842 e. The molecule has 0 N–H and O–H groups in total. The Morgan fingerprint density at radius 3 is 3.00 bits per heavy atom. The molecule has 68 valence electrons. The molecule has 1 aliphatic rings. The summed E-state index contributed by atoms with van der Waals surface area (Å²) in [4.78, 5) is 0. The van der Waals surface area contributed by atoms with Crippen LogP contribution in [0.25, 0.3) is 0 Å². The summed E-state index contributed by atoms with van der Waals surface area (Å²) in [7, 11) is 0. The highest BCUT2D eigenvalue weighted by Crippen LogP contribution is 2.27. The molecular weight excluding hydrogens is 144 g/mol. The Hall–Kier alpha value is -0.520. The fourth-order valence-electron chi connectivity index (χ4n) is 1.82. The van der Waals surface area contributed by atoms with Gasteiger partial charge in [0.2, 0.25) is 0 Å². The van der Waals surface area contributed by atoms with E-state index in [9.17, 15) is 0 Å². The van der Waals surface area contributed by atoms with Crippen molar-refractivity contribution in [1.29, 1.82) is 0 Å². The van der Waals surface area contributed by atoms with Crippen molar-refractivity contribution in [1.82, 2.24) is 0 Å². The smallest absolute Gasteiger partial charge is 0.0286 e. The van der Waals surface area contributed by atoms with Gasteiger partial charge in [0.05, 0.1) is 0 Å². The van der Waals surface area contributed by atoms with Gasteiger partial charge in [-0.15, -0.1) is 0 Å². The van der Waals surface area contributed by atoms with Gasteiger partial charge in [-0.25, -0.2) is 0 Å². The van der Waals surface area contributed by atoms with E-state index >= 15 is 0 Å². The Bertz CT molecular complexity index is 186. The van der Waals surface area contributed by atoms with E-state index in [1.807, 2.05) is 0 Å². The van der Waals surface area contributed by atoms with Crippen molar-refractivity contribution in [2.75, 3.05) is 0 Å². The summed E-state index contributed by atoms with van der Waals surface area (Å²) in [5.41, 5.74) is 1.54. The maximum atomic E-state index is 2.37. The topological polar surface area (TPSA) is 0 Å². The molecule has 0 saturated heterocycles. The van der Waals surface area contributed by atoms with Crippen molar-refractivity contribution in [2.24, 2.45) is 11.8 Å². The molecule has 0 radical (unpaired) electrons. The highest BCUT2D eigenvalue weighted by atomic mass is 14.2. The molecular formula is C12H20. The zero-order valence-electron chi connectivity index (χ0n) is 8.51. The molecule has 1 rings (SSSR count). The Morgan fingerprint density at radius 1 is 1.58 bits per heavy atom. The second-order valence-electron chi connectivity index (χ2n) is 4.03. The van der Waals surface area contributed by atoms with Crippen molar-refractivity contribution in [3.05, 3.63) is 23.8 Å². The van der Waals surface area contributed by atoms with Gasteiger partial charge >= 0.3 is 0 Å². The van der Waals surface area contributed by atoms with Crippen LogP contribution in [0, 0.1) is 11.8 Å². The van der Waals surface area contributed by atoms with Gasteiger partial charge in [-0.1, -0.05) is 44.1 Å². The molecule has 2 atom stereocenters. The number of hydrogen-bond donors (Lipinski definition) is 0. The molecule has 12 heavy (non-hydrogen) atoms. The molecule has 0 aromatic carbocycles. The van der Waals surface area contributed by atoms with E-state index in [-0.39, 0.29) is 0 Å². The molecule has 0 bridgehead atoms. The lowest BCUT2D eigenvalue weighted by Gasteiger charge is -2.20. The minimum Gasteiger partial charge on any atom is -0.0842 e. The summed E-state index contributed by atoms with van der Waals surface area (Å²) in [5, 5.41) is 0. The maximum Gasteiger partial charge on any atom is -0.0286 e.